The summed E-state index contributed by atoms with van der Waals surface area (Å²) in [5.41, 5.74) is 2.30. The smallest absolute Gasteiger partial charge is 0.164 e. The van der Waals surface area contributed by atoms with E-state index in [1.165, 1.54) is 12.1 Å². The topological polar surface area (TPSA) is 20.2 Å². The van der Waals surface area contributed by atoms with E-state index < -0.39 is 17.7 Å². The van der Waals surface area contributed by atoms with E-state index in [9.17, 15) is 13.9 Å². The Morgan fingerprint density at radius 1 is 0.944 bits per heavy atom. The van der Waals surface area contributed by atoms with E-state index in [0.29, 0.717) is 5.56 Å². The number of aryl methyl sites for hydroxylation is 2. The summed E-state index contributed by atoms with van der Waals surface area (Å²) in [6, 6.07) is 9.37. The summed E-state index contributed by atoms with van der Waals surface area (Å²) in [5, 5.41) is 10.3. The molecule has 0 radical (unpaired) electrons. The van der Waals surface area contributed by atoms with Crippen LogP contribution < -0.4 is 0 Å². The maximum absolute atomic E-state index is 13.7. The Kier molecular flexibility index (Phi) is 3.43. The SMILES string of the molecule is Cc1cccc(C)c1C(O)c1cccc(F)c1F. The quantitative estimate of drug-likeness (QED) is 0.859. The van der Waals surface area contributed by atoms with Crippen LogP contribution in [0.25, 0.3) is 0 Å². The molecule has 3 heteroatoms. The Morgan fingerprint density at radius 2 is 1.50 bits per heavy atom. The number of benzene rings is 2. The van der Waals surface area contributed by atoms with Gasteiger partial charge in [0, 0.05) is 5.56 Å². The molecule has 0 aliphatic rings. The molecule has 1 unspecified atom stereocenters. The molecule has 1 atom stereocenters. The van der Waals surface area contributed by atoms with Crippen LogP contribution in [0.2, 0.25) is 0 Å². The summed E-state index contributed by atoms with van der Waals surface area (Å²) in [4.78, 5) is 0. The van der Waals surface area contributed by atoms with E-state index >= 15 is 0 Å². The van der Waals surface area contributed by atoms with Crippen LogP contribution in [-0.2, 0) is 0 Å². The molecule has 0 aliphatic heterocycles. The predicted molar refractivity (Wildman–Crippen MR) is 66.3 cm³/mol. The van der Waals surface area contributed by atoms with Gasteiger partial charge < -0.3 is 5.11 Å². The van der Waals surface area contributed by atoms with Crippen LogP contribution in [0, 0.1) is 25.5 Å². The molecular weight excluding hydrogens is 234 g/mol. The van der Waals surface area contributed by atoms with Crippen LogP contribution in [0.5, 0.6) is 0 Å². The zero-order valence-corrected chi connectivity index (χ0v) is 10.2. The van der Waals surface area contributed by atoms with Crippen molar-refractivity contribution in [3.05, 3.63) is 70.3 Å². The highest BCUT2D eigenvalue weighted by Gasteiger charge is 2.20. The zero-order valence-electron chi connectivity index (χ0n) is 10.2. The highest BCUT2D eigenvalue weighted by atomic mass is 19.2. The van der Waals surface area contributed by atoms with Gasteiger partial charge in [0.1, 0.15) is 6.10 Å². The lowest BCUT2D eigenvalue weighted by Gasteiger charge is -2.17. The van der Waals surface area contributed by atoms with Gasteiger partial charge in [-0.05, 0) is 36.6 Å². The lowest BCUT2D eigenvalue weighted by molar-refractivity contribution is 0.212. The number of rotatable bonds is 2. The van der Waals surface area contributed by atoms with Gasteiger partial charge in [0.05, 0.1) is 0 Å². The molecule has 0 bridgehead atoms. The van der Waals surface area contributed by atoms with Crippen molar-refractivity contribution >= 4 is 0 Å². The third-order valence-corrected chi connectivity index (χ3v) is 3.09. The van der Waals surface area contributed by atoms with Crippen molar-refractivity contribution in [3.8, 4) is 0 Å². The first-order valence-corrected chi connectivity index (χ1v) is 5.70. The average Bonchev–Trinajstić information content (AvgIpc) is 2.32. The predicted octanol–water partition coefficient (Wildman–Crippen LogP) is 3.66. The Hall–Kier alpha value is -1.74. The maximum Gasteiger partial charge on any atom is 0.164 e. The molecular formula is C15H14F2O. The van der Waals surface area contributed by atoms with Crippen LogP contribution in [0.4, 0.5) is 8.78 Å². The number of aliphatic hydroxyl groups excluding tert-OH is 1. The first-order valence-electron chi connectivity index (χ1n) is 5.70. The largest absolute Gasteiger partial charge is 0.384 e. The fourth-order valence-corrected chi connectivity index (χ4v) is 2.15. The van der Waals surface area contributed by atoms with E-state index in [-0.39, 0.29) is 5.56 Å². The van der Waals surface area contributed by atoms with Gasteiger partial charge in [-0.25, -0.2) is 8.78 Å². The molecule has 0 aromatic heterocycles. The van der Waals surface area contributed by atoms with Crippen LogP contribution in [0.1, 0.15) is 28.4 Å². The fraction of sp³-hybridized carbons (Fsp3) is 0.200. The first kappa shape index (κ1) is 12.7. The molecule has 0 fully saturated rings. The van der Waals surface area contributed by atoms with Crippen LogP contribution >= 0.6 is 0 Å². The second kappa shape index (κ2) is 4.86. The Labute approximate surface area is 105 Å². The van der Waals surface area contributed by atoms with E-state index in [4.69, 9.17) is 0 Å². The number of halogens is 2. The molecule has 0 saturated heterocycles. The minimum atomic E-state index is -1.15. The summed E-state index contributed by atoms with van der Waals surface area (Å²) >= 11 is 0. The molecule has 18 heavy (non-hydrogen) atoms. The monoisotopic (exact) mass is 248 g/mol. The zero-order chi connectivity index (χ0) is 13.3. The molecule has 2 aromatic carbocycles. The van der Waals surface area contributed by atoms with E-state index in [0.717, 1.165) is 17.2 Å². The highest BCUT2D eigenvalue weighted by molar-refractivity contribution is 5.40. The van der Waals surface area contributed by atoms with E-state index in [2.05, 4.69) is 0 Å². The standard InChI is InChI=1S/C15H14F2O/c1-9-5-3-6-10(2)13(9)15(18)11-7-4-8-12(16)14(11)17/h3-8,15,18H,1-2H3. The summed E-state index contributed by atoms with van der Waals surface area (Å²) in [5.74, 6) is -1.94. The van der Waals surface area contributed by atoms with Gasteiger partial charge in [-0.2, -0.15) is 0 Å². The van der Waals surface area contributed by atoms with Crippen molar-refractivity contribution in [1.29, 1.82) is 0 Å². The van der Waals surface area contributed by atoms with Crippen molar-refractivity contribution in [3.63, 3.8) is 0 Å². The molecule has 0 heterocycles. The van der Waals surface area contributed by atoms with E-state index in [1.54, 1.807) is 0 Å². The fourth-order valence-electron chi connectivity index (χ4n) is 2.15. The van der Waals surface area contributed by atoms with Crippen molar-refractivity contribution in [2.24, 2.45) is 0 Å². The van der Waals surface area contributed by atoms with Crippen LogP contribution in [0.3, 0.4) is 0 Å². The summed E-state index contributed by atoms with van der Waals surface area (Å²) < 4.78 is 26.8. The Balaban J connectivity index is 2.55. The van der Waals surface area contributed by atoms with Gasteiger partial charge in [-0.15, -0.1) is 0 Å². The third-order valence-electron chi connectivity index (χ3n) is 3.09. The van der Waals surface area contributed by atoms with Gasteiger partial charge in [0.15, 0.2) is 11.6 Å². The number of hydrogen-bond acceptors (Lipinski definition) is 1. The number of hydrogen-bond donors (Lipinski definition) is 1. The molecule has 0 amide bonds. The van der Waals surface area contributed by atoms with Crippen molar-refractivity contribution in [2.75, 3.05) is 0 Å². The molecule has 0 aliphatic carbocycles. The van der Waals surface area contributed by atoms with Gasteiger partial charge in [0.2, 0.25) is 0 Å². The summed E-state index contributed by atoms with van der Waals surface area (Å²) in [6.45, 7) is 3.67. The Bertz CT molecular complexity index is 558. The van der Waals surface area contributed by atoms with Gasteiger partial charge in [0.25, 0.3) is 0 Å². The summed E-state index contributed by atoms with van der Waals surface area (Å²) in [6.07, 6.45) is -1.15. The average molecular weight is 248 g/mol. The van der Waals surface area contributed by atoms with Gasteiger partial charge in [-0.1, -0.05) is 30.3 Å². The lowest BCUT2D eigenvalue weighted by Crippen LogP contribution is -2.07. The molecule has 1 nitrogen and oxygen atoms in total. The van der Waals surface area contributed by atoms with Crippen molar-refractivity contribution < 1.29 is 13.9 Å². The number of aliphatic hydroxyl groups is 1. The highest BCUT2D eigenvalue weighted by Crippen LogP contribution is 2.29. The molecule has 2 aromatic rings. The Morgan fingerprint density at radius 3 is 2.11 bits per heavy atom. The molecule has 0 saturated carbocycles. The minimum absolute atomic E-state index is 0.0348. The van der Waals surface area contributed by atoms with Crippen molar-refractivity contribution in [1.82, 2.24) is 0 Å². The molecule has 1 N–H and O–H groups in total. The second-order valence-electron chi connectivity index (χ2n) is 4.35. The first-order chi connectivity index (χ1) is 8.52. The lowest BCUT2D eigenvalue weighted by atomic mass is 9.93. The molecule has 2 rings (SSSR count). The minimum Gasteiger partial charge on any atom is -0.384 e. The van der Waals surface area contributed by atoms with Gasteiger partial charge >= 0.3 is 0 Å². The maximum atomic E-state index is 13.7. The van der Waals surface area contributed by atoms with E-state index in [1.807, 2.05) is 32.0 Å². The third kappa shape index (κ3) is 2.14. The molecule has 0 spiro atoms. The molecule has 94 valence electrons. The van der Waals surface area contributed by atoms with Crippen LogP contribution in [-0.4, -0.2) is 5.11 Å². The van der Waals surface area contributed by atoms with Gasteiger partial charge in [-0.3, -0.25) is 0 Å². The van der Waals surface area contributed by atoms with Crippen LogP contribution in [0.15, 0.2) is 36.4 Å². The normalized spacial score (nSPS) is 12.5. The summed E-state index contributed by atoms with van der Waals surface area (Å²) in [7, 11) is 0. The second-order valence-corrected chi connectivity index (χ2v) is 4.35. The van der Waals surface area contributed by atoms with Crippen molar-refractivity contribution in [2.45, 2.75) is 20.0 Å².